The van der Waals surface area contributed by atoms with Gasteiger partial charge in [0.25, 0.3) is 0 Å². The highest BCUT2D eigenvalue weighted by Crippen LogP contribution is 2.40. The third-order valence-corrected chi connectivity index (χ3v) is 5.80. The number of nitrogens with zero attached hydrogens (tertiary/aromatic N) is 2. The normalized spacial score (nSPS) is 31.4. The molecule has 2 aliphatic carbocycles. The Morgan fingerprint density at radius 1 is 1.33 bits per heavy atom. The number of rotatable bonds is 6. The molecule has 2 saturated carbocycles. The minimum Gasteiger partial charge on any atom is -0.303 e. The fourth-order valence-corrected chi connectivity index (χ4v) is 3.64. The second-order valence-electron chi connectivity index (χ2n) is 8.40. The summed E-state index contributed by atoms with van der Waals surface area (Å²) < 4.78 is 0. The van der Waals surface area contributed by atoms with Crippen LogP contribution in [0.25, 0.3) is 0 Å². The molecule has 0 aliphatic heterocycles. The summed E-state index contributed by atoms with van der Waals surface area (Å²) >= 11 is 0. The van der Waals surface area contributed by atoms with E-state index in [1.165, 1.54) is 25.7 Å². The van der Waals surface area contributed by atoms with Crippen LogP contribution in [0.2, 0.25) is 0 Å². The zero-order valence-electron chi connectivity index (χ0n) is 14.6. The van der Waals surface area contributed by atoms with Gasteiger partial charge in [0, 0.05) is 12.1 Å². The second-order valence-corrected chi connectivity index (χ2v) is 8.40. The van der Waals surface area contributed by atoms with Crippen molar-refractivity contribution in [3.05, 3.63) is 0 Å². The third-order valence-electron chi connectivity index (χ3n) is 5.80. The van der Waals surface area contributed by atoms with Crippen molar-refractivity contribution in [2.24, 2.45) is 11.3 Å². The predicted molar refractivity (Wildman–Crippen MR) is 88.0 cm³/mol. The van der Waals surface area contributed by atoms with Crippen LogP contribution < -0.4 is 5.32 Å². The average molecular weight is 291 g/mol. The smallest absolute Gasteiger partial charge is 0.109 e. The van der Waals surface area contributed by atoms with Crippen LogP contribution in [0.15, 0.2) is 0 Å². The van der Waals surface area contributed by atoms with Gasteiger partial charge in [-0.3, -0.25) is 5.32 Å². The van der Waals surface area contributed by atoms with Crippen molar-refractivity contribution in [3.8, 4) is 6.07 Å². The Morgan fingerprint density at radius 2 is 2.00 bits per heavy atom. The van der Waals surface area contributed by atoms with Gasteiger partial charge in [-0.15, -0.1) is 0 Å². The Bertz CT molecular complexity index is 388. The van der Waals surface area contributed by atoms with Gasteiger partial charge >= 0.3 is 0 Å². The molecule has 1 N–H and O–H groups in total. The molecule has 0 saturated heterocycles. The molecule has 120 valence electrons. The van der Waals surface area contributed by atoms with Crippen LogP contribution in [0.5, 0.6) is 0 Å². The van der Waals surface area contributed by atoms with Crippen LogP contribution in [-0.4, -0.2) is 36.1 Å². The largest absolute Gasteiger partial charge is 0.303 e. The van der Waals surface area contributed by atoms with E-state index in [2.05, 4.69) is 51.0 Å². The summed E-state index contributed by atoms with van der Waals surface area (Å²) in [6, 6.07) is 3.84. The van der Waals surface area contributed by atoms with Gasteiger partial charge in [-0.2, -0.15) is 5.26 Å². The van der Waals surface area contributed by atoms with Crippen LogP contribution >= 0.6 is 0 Å². The maximum Gasteiger partial charge on any atom is 0.109 e. The van der Waals surface area contributed by atoms with Crippen LogP contribution in [-0.2, 0) is 0 Å². The highest BCUT2D eigenvalue weighted by atomic mass is 15.1. The standard InChI is InChI=1S/C18H33N3/c1-14(17(2,3)4)21(5)12-10-15-7-6-11-18(15,13-19)20-16-8-9-16/h14-16,20H,6-12H2,1-5H3. The zero-order valence-corrected chi connectivity index (χ0v) is 14.6. The molecule has 3 atom stereocenters. The van der Waals surface area contributed by atoms with Gasteiger partial charge in [0.15, 0.2) is 0 Å². The van der Waals surface area contributed by atoms with E-state index >= 15 is 0 Å². The Morgan fingerprint density at radius 3 is 2.52 bits per heavy atom. The first-order chi connectivity index (χ1) is 9.78. The lowest BCUT2D eigenvalue weighted by molar-refractivity contribution is 0.128. The van der Waals surface area contributed by atoms with Gasteiger partial charge in [-0.05, 0) is 64.0 Å². The topological polar surface area (TPSA) is 39.1 Å². The van der Waals surface area contributed by atoms with Crippen LogP contribution in [0.1, 0.15) is 66.2 Å². The third kappa shape index (κ3) is 3.99. The van der Waals surface area contributed by atoms with E-state index in [0.717, 1.165) is 19.4 Å². The summed E-state index contributed by atoms with van der Waals surface area (Å²) in [5, 5.41) is 13.4. The first kappa shape index (κ1) is 16.8. The Labute approximate surface area is 131 Å². The molecule has 0 aromatic heterocycles. The molecule has 0 bridgehead atoms. The fourth-order valence-electron chi connectivity index (χ4n) is 3.64. The van der Waals surface area contributed by atoms with E-state index in [-0.39, 0.29) is 5.54 Å². The molecule has 2 aliphatic rings. The SMILES string of the molecule is CC(N(C)CCC1CCCC1(C#N)NC1CC1)C(C)(C)C. The average Bonchev–Trinajstić information content (AvgIpc) is 3.13. The van der Waals surface area contributed by atoms with Gasteiger partial charge in [-0.1, -0.05) is 27.2 Å². The molecule has 3 unspecified atom stereocenters. The lowest BCUT2D eigenvalue weighted by atomic mass is 9.84. The molecule has 3 nitrogen and oxygen atoms in total. The van der Waals surface area contributed by atoms with Crippen LogP contribution in [0.3, 0.4) is 0 Å². The lowest BCUT2D eigenvalue weighted by Crippen LogP contribution is -2.49. The number of nitrogens with one attached hydrogen (secondary N) is 1. The van der Waals surface area contributed by atoms with Gasteiger partial charge in [0.05, 0.1) is 6.07 Å². The maximum atomic E-state index is 9.74. The molecular formula is C18H33N3. The molecule has 3 heteroatoms. The first-order valence-electron chi connectivity index (χ1n) is 8.68. The highest BCUT2D eigenvalue weighted by molar-refractivity contribution is 5.16. The summed E-state index contributed by atoms with van der Waals surface area (Å²) in [5.41, 5.74) is 0.0793. The number of hydrogen-bond acceptors (Lipinski definition) is 3. The van der Waals surface area contributed by atoms with E-state index in [9.17, 15) is 5.26 Å². The van der Waals surface area contributed by atoms with Crippen molar-refractivity contribution in [3.63, 3.8) is 0 Å². The summed E-state index contributed by atoms with van der Waals surface area (Å²) in [5.74, 6) is 0.526. The molecule has 0 heterocycles. The summed E-state index contributed by atoms with van der Waals surface area (Å²) in [6.07, 6.45) is 7.13. The first-order valence-corrected chi connectivity index (χ1v) is 8.68. The van der Waals surface area contributed by atoms with Crippen LogP contribution in [0, 0.1) is 22.7 Å². The minimum atomic E-state index is -0.229. The highest BCUT2D eigenvalue weighted by Gasteiger charge is 2.45. The molecule has 2 rings (SSSR count). The van der Waals surface area contributed by atoms with Crippen LogP contribution in [0.4, 0.5) is 0 Å². The predicted octanol–water partition coefficient (Wildman–Crippen LogP) is 3.56. The van der Waals surface area contributed by atoms with E-state index in [0.29, 0.717) is 23.4 Å². The van der Waals surface area contributed by atoms with Crippen molar-refractivity contribution >= 4 is 0 Å². The minimum absolute atomic E-state index is 0.229. The van der Waals surface area contributed by atoms with E-state index < -0.39 is 0 Å². The zero-order chi connectivity index (χ0) is 15.7. The van der Waals surface area contributed by atoms with E-state index in [1.54, 1.807) is 0 Å². The molecule has 0 spiro atoms. The van der Waals surface area contributed by atoms with Crippen molar-refractivity contribution < 1.29 is 0 Å². The van der Waals surface area contributed by atoms with Crippen molar-refractivity contribution in [1.29, 1.82) is 5.26 Å². The molecule has 2 fully saturated rings. The lowest BCUT2D eigenvalue weighted by Gasteiger charge is -2.37. The van der Waals surface area contributed by atoms with Crippen molar-refractivity contribution in [2.45, 2.75) is 83.8 Å². The fraction of sp³-hybridized carbons (Fsp3) is 0.944. The Balaban J connectivity index is 1.90. The molecule has 0 aromatic rings. The molecule has 0 radical (unpaired) electrons. The summed E-state index contributed by atoms with van der Waals surface area (Å²) in [6.45, 7) is 10.3. The summed E-state index contributed by atoms with van der Waals surface area (Å²) in [7, 11) is 2.23. The van der Waals surface area contributed by atoms with E-state index in [1.807, 2.05) is 0 Å². The van der Waals surface area contributed by atoms with Gasteiger partial charge in [0.1, 0.15) is 5.54 Å². The Hall–Kier alpha value is -0.590. The summed E-state index contributed by atoms with van der Waals surface area (Å²) in [4.78, 5) is 2.47. The monoisotopic (exact) mass is 291 g/mol. The van der Waals surface area contributed by atoms with Gasteiger partial charge in [0.2, 0.25) is 0 Å². The number of hydrogen-bond donors (Lipinski definition) is 1. The van der Waals surface area contributed by atoms with Gasteiger partial charge < -0.3 is 4.90 Å². The van der Waals surface area contributed by atoms with Crippen molar-refractivity contribution in [2.75, 3.05) is 13.6 Å². The van der Waals surface area contributed by atoms with Gasteiger partial charge in [-0.25, -0.2) is 0 Å². The second kappa shape index (κ2) is 6.26. The van der Waals surface area contributed by atoms with E-state index in [4.69, 9.17) is 0 Å². The molecular weight excluding hydrogens is 258 g/mol. The Kier molecular flexibility index (Phi) is 5.00. The number of nitriles is 1. The quantitative estimate of drug-likeness (QED) is 0.813. The molecule has 0 amide bonds. The molecule has 0 aromatic carbocycles. The molecule has 21 heavy (non-hydrogen) atoms. The maximum absolute atomic E-state index is 9.74. The van der Waals surface area contributed by atoms with Crippen molar-refractivity contribution in [1.82, 2.24) is 10.2 Å².